The largest absolute Gasteiger partial charge is 0.478 e. The third-order valence-corrected chi connectivity index (χ3v) is 5.65. The molecule has 0 bridgehead atoms. The minimum absolute atomic E-state index is 0.0802. The van der Waals surface area contributed by atoms with E-state index >= 15 is 0 Å². The topological polar surface area (TPSA) is 62.7 Å². The summed E-state index contributed by atoms with van der Waals surface area (Å²) < 4.78 is 20.2. The van der Waals surface area contributed by atoms with Gasteiger partial charge in [-0.15, -0.1) is 0 Å². The van der Waals surface area contributed by atoms with Crippen molar-refractivity contribution in [1.82, 2.24) is 9.88 Å². The van der Waals surface area contributed by atoms with Crippen molar-refractivity contribution < 1.29 is 18.7 Å². The monoisotopic (exact) mass is 447 g/mol. The summed E-state index contributed by atoms with van der Waals surface area (Å²) in [4.78, 5) is 33.8. The molecule has 6 nitrogen and oxygen atoms in total. The fourth-order valence-corrected chi connectivity index (χ4v) is 3.87. The van der Waals surface area contributed by atoms with Gasteiger partial charge in [0.15, 0.2) is 6.10 Å². The van der Waals surface area contributed by atoms with Crippen LogP contribution in [-0.4, -0.2) is 34.3 Å². The lowest BCUT2D eigenvalue weighted by molar-refractivity contribution is -0.134. The van der Waals surface area contributed by atoms with Gasteiger partial charge in [-0.25, -0.2) is 4.39 Å². The number of pyridine rings is 1. The van der Waals surface area contributed by atoms with Crippen molar-refractivity contribution in [1.29, 1.82) is 0 Å². The van der Waals surface area contributed by atoms with Crippen molar-refractivity contribution >= 4 is 17.5 Å². The normalized spacial score (nSPS) is 15.1. The quantitative estimate of drug-likeness (QED) is 0.543. The highest BCUT2D eigenvalue weighted by molar-refractivity contribution is 6.03. The first-order valence-electron chi connectivity index (χ1n) is 10.9. The molecule has 3 aromatic rings. The van der Waals surface area contributed by atoms with Crippen LogP contribution in [-0.2, 0) is 22.7 Å². The number of fused-ring (bicyclic) bond motifs is 1. The lowest BCUT2D eigenvalue weighted by Crippen LogP contribution is -2.50. The lowest BCUT2D eigenvalue weighted by atomic mass is 10.1. The third kappa shape index (κ3) is 5.03. The number of rotatable bonds is 7. The SMILES string of the molecule is CCC1Oc2ccc(C)cc2N(CC(=O)N(Cc2cccnc2)Cc2ccccc2F)C1=O. The zero-order chi connectivity index (χ0) is 23.4. The van der Waals surface area contributed by atoms with E-state index in [0.29, 0.717) is 23.4 Å². The number of hydrogen-bond acceptors (Lipinski definition) is 4. The second kappa shape index (κ2) is 9.81. The number of carbonyl (C=O) groups excluding carboxylic acids is 2. The van der Waals surface area contributed by atoms with E-state index in [1.165, 1.54) is 11.0 Å². The highest BCUT2D eigenvalue weighted by Gasteiger charge is 2.35. The van der Waals surface area contributed by atoms with Gasteiger partial charge in [-0.1, -0.05) is 37.3 Å². The minimum atomic E-state index is -0.647. The maximum atomic E-state index is 14.4. The Bertz CT molecular complexity index is 1150. The average Bonchev–Trinajstić information content (AvgIpc) is 2.82. The van der Waals surface area contributed by atoms with Crippen LogP contribution in [0, 0.1) is 12.7 Å². The van der Waals surface area contributed by atoms with Gasteiger partial charge >= 0.3 is 0 Å². The summed E-state index contributed by atoms with van der Waals surface area (Å²) in [6.07, 6.45) is 3.17. The molecule has 1 atom stereocenters. The van der Waals surface area contributed by atoms with Crippen molar-refractivity contribution in [2.24, 2.45) is 0 Å². The zero-order valence-electron chi connectivity index (χ0n) is 18.7. The Labute approximate surface area is 192 Å². The van der Waals surface area contributed by atoms with Gasteiger partial charge < -0.3 is 9.64 Å². The average molecular weight is 448 g/mol. The molecule has 0 radical (unpaired) electrons. The molecule has 2 heterocycles. The maximum Gasteiger partial charge on any atom is 0.268 e. The van der Waals surface area contributed by atoms with Gasteiger partial charge in [0, 0.05) is 31.0 Å². The van der Waals surface area contributed by atoms with Gasteiger partial charge in [0.25, 0.3) is 5.91 Å². The van der Waals surface area contributed by atoms with E-state index in [1.807, 2.05) is 38.1 Å². The van der Waals surface area contributed by atoms with Crippen LogP contribution in [0.25, 0.3) is 0 Å². The molecular formula is C26H26FN3O3. The second-order valence-corrected chi connectivity index (χ2v) is 8.11. The number of anilines is 1. The molecule has 0 aliphatic carbocycles. The fourth-order valence-electron chi connectivity index (χ4n) is 3.87. The Morgan fingerprint density at radius 1 is 1.15 bits per heavy atom. The molecule has 0 N–H and O–H groups in total. The number of benzene rings is 2. The number of carbonyl (C=O) groups is 2. The Balaban J connectivity index is 1.64. The number of aromatic nitrogens is 1. The van der Waals surface area contributed by atoms with Gasteiger partial charge in [0.2, 0.25) is 5.91 Å². The molecule has 4 rings (SSSR count). The van der Waals surface area contributed by atoms with E-state index in [-0.39, 0.29) is 37.3 Å². The zero-order valence-corrected chi connectivity index (χ0v) is 18.7. The van der Waals surface area contributed by atoms with E-state index in [0.717, 1.165) is 11.1 Å². The molecule has 1 aliphatic rings. The van der Waals surface area contributed by atoms with Gasteiger partial charge in [-0.05, 0) is 48.7 Å². The summed E-state index contributed by atoms with van der Waals surface area (Å²) in [5.41, 5.74) is 2.75. The fraction of sp³-hybridized carbons (Fsp3) is 0.269. The third-order valence-electron chi connectivity index (χ3n) is 5.65. The summed E-state index contributed by atoms with van der Waals surface area (Å²) in [6, 6.07) is 15.6. The first kappa shape index (κ1) is 22.5. The van der Waals surface area contributed by atoms with E-state index < -0.39 is 6.10 Å². The highest BCUT2D eigenvalue weighted by atomic mass is 19.1. The van der Waals surface area contributed by atoms with Crippen LogP contribution in [0.4, 0.5) is 10.1 Å². The number of hydrogen-bond donors (Lipinski definition) is 0. The van der Waals surface area contributed by atoms with Crippen molar-refractivity contribution in [3.8, 4) is 5.75 Å². The molecular weight excluding hydrogens is 421 g/mol. The minimum Gasteiger partial charge on any atom is -0.478 e. The Morgan fingerprint density at radius 2 is 1.97 bits per heavy atom. The van der Waals surface area contributed by atoms with Crippen LogP contribution in [0.3, 0.4) is 0 Å². The van der Waals surface area contributed by atoms with Gasteiger partial charge in [-0.2, -0.15) is 0 Å². The lowest BCUT2D eigenvalue weighted by Gasteiger charge is -2.35. The van der Waals surface area contributed by atoms with Gasteiger partial charge in [0.1, 0.15) is 18.1 Å². The molecule has 7 heteroatoms. The van der Waals surface area contributed by atoms with Crippen LogP contribution in [0.5, 0.6) is 5.75 Å². The van der Waals surface area contributed by atoms with Crippen LogP contribution in [0.15, 0.2) is 67.0 Å². The standard InChI is InChI=1S/C26H26FN3O3/c1-3-23-26(32)30(22-13-18(2)10-11-24(22)33-23)17-25(31)29(15-19-7-6-12-28-14-19)16-20-8-4-5-9-21(20)27/h4-14,23H,3,15-17H2,1-2H3. The first-order chi connectivity index (χ1) is 16.0. The molecule has 1 unspecified atom stereocenters. The Hall–Kier alpha value is -3.74. The predicted molar refractivity (Wildman–Crippen MR) is 123 cm³/mol. The van der Waals surface area contributed by atoms with Crippen molar-refractivity contribution in [2.75, 3.05) is 11.4 Å². The van der Waals surface area contributed by atoms with E-state index in [2.05, 4.69) is 4.98 Å². The number of halogens is 1. The number of ether oxygens (including phenoxy) is 1. The summed E-state index contributed by atoms with van der Waals surface area (Å²) in [5.74, 6) is -0.348. The van der Waals surface area contributed by atoms with E-state index in [4.69, 9.17) is 4.74 Å². The number of aryl methyl sites for hydroxylation is 1. The van der Waals surface area contributed by atoms with Crippen molar-refractivity contribution in [2.45, 2.75) is 39.5 Å². The summed E-state index contributed by atoms with van der Waals surface area (Å²) in [7, 11) is 0. The van der Waals surface area contributed by atoms with Gasteiger partial charge in [0.05, 0.1) is 5.69 Å². The molecule has 2 aromatic carbocycles. The Kier molecular flexibility index (Phi) is 6.68. The molecule has 0 spiro atoms. The van der Waals surface area contributed by atoms with Crippen molar-refractivity contribution in [3.63, 3.8) is 0 Å². The molecule has 0 fully saturated rings. The summed E-state index contributed by atoms with van der Waals surface area (Å²) >= 11 is 0. The molecule has 1 aromatic heterocycles. The molecule has 33 heavy (non-hydrogen) atoms. The number of nitrogens with zero attached hydrogens (tertiary/aromatic N) is 3. The van der Waals surface area contributed by atoms with Crippen LogP contribution < -0.4 is 9.64 Å². The van der Waals surface area contributed by atoms with Crippen molar-refractivity contribution in [3.05, 3.63) is 89.5 Å². The van der Waals surface area contributed by atoms with E-state index in [9.17, 15) is 14.0 Å². The van der Waals surface area contributed by atoms with Crippen LogP contribution in [0.2, 0.25) is 0 Å². The Morgan fingerprint density at radius 3 is 2.70 bits per heavy atom. The number of amides is 2. The summed E-state index contributed by atoms with van der Waals surface area (Å²) in [5, 5.41) is 0. The highest BCUT2D eigenvalue weighted by Crippen LogP contribution is 2.35. The summed E-state index contributed by atoms with van der Waals surface area (Å²) in [6.45, 7) is 3.95. The molecule has 170 valence electrons. The van der Waals surface area contributed by atoms with Crippen LogP contribution >= 0.6 is 0 Å². The molecule has 0 saturated heterocycles. The van der Waals surface area contributed by atoms with E-state index in [1.54, 1.807) is 41.6 Å². The molecule has 2 amide bonds. The molecule has 0 saturated carbocycles. The molecule has 1 aliphatic heterocycles. The van der Waals surface area contributed by atoms with Gasteiger partial charge in [-0.3, -0.25) is 19.5 Å². The smallest absolute Gasteiger partial charge is 0.268 e. The maximum absolute atomic E-state index is 14.4. The predicted octanol–water partition coefficient (Wildman–Crippen LogP) is 4.26. The second-order valence-electron chi connectivity index (χ2n) is 8.11. The van der Waals surface area contributed by atoms with Crippen LogP contribution in [0.1, 0.15) is 30.0 Å². The first-order valence-corrected chi connectivity index (χ1v) is 10.9.